The van der Waals surface area contributed by atoms with Gasteiger partial charge in [-0.15, -0.1) is 11.3 Å². The normalized spacial score (nSPS) is 20.6. The molecule has 2 amide bonds. The molecule has 0 aromatic carbocycles. The van der Waals surface area contributed by atoms with E-state index in [0.717, 1.165) is 0 Å². The van der Waals surface area contributed by atoms with Crippen molar-refractivity contribution in [2.24, 2.45) is 5.92 Å². The molecule has 2 atom stereocenters. The van der Waals surface area contributed by atoms with Crippen LogP contribution in [0.5, 0.6) is 0 Å². The molecule has 2 N–H and O–H groups in total. The number of aliphatic hydroxyl groups excluding tert-OH is 1. The van der Waals surface area contributed by atoms with Gasteiger partial charge in [0.2, 0.25) is 0 Å². The molecule has 126 valence electrons. The van der Waals surface area contributed by atoms with Crippen LogP contribution in [-0.4, -0.2) is 52.5 Å². The van der Waals surface area contributed by atoms with Crippen molar-refractivity contribution in [3.8, 4) is 0 Å². The number of thiophene rings is 1. The third-order valence-electron chi connectivity index (χ3n) is 4.25. The van der Waals surface area contributed by atoms with E-state index < -0.39 is 0 Å². The SMILES string of the molecule is O=C(N[C@@H]1CN(C(=O)c2cccs2)CC[C@@H]1CO)c1cccnc1. The van der Waals surface area contributed by atoms with Crippen LogP contribution in [-0.2, 0) is 0 Å². The second kappa shape index (κ2) is 7.55. The van der Waals surface area contributed by atoms with Crippen molar-refractivity contribution in [3.63, 3.8) is 0 Å². The van der Waals surface area contributed by atoms with Crippen molar-refractivity contribution < 1.29 is 14.7 Å². The van der Waals surface area contributed by atoms with Crippen molar-refractivity contribution >= 4 is 23.2 Å². The third kappa shape index (κ3) is 3.63. The number of carbonyl (C=O) groups is 2. The van der Waals surface area contributed by atoms with Gasteiger partial charge in [-0.05, 0) is 30.0 Å². The number of aromatic nitrogens is 1. The summed E-state index contributed by atoms with van der Waals surface area (Å²) in [7, 11) is 0. The Labute approximate surface area is 144 Å². The second-order valence-electron chi connectivity index (χ2n) is 5.78. The number of hydrogen-bond acceptors (Lipinski definition) is 5. The molecule has 0 unspecified atom stereocenters. The lowest BCUT2D eigenvalue weighted by Gasteiger charge is -2.38. The van der Waals surface area contributed by atoms with Crippen LogP contribution in [0.15, 0.2) is 42.0 Å². The van der Waals surface area contributed by atoms with Crippen LogP contribution < -0.4 is 5.32 Å². The van der Waals surface area contributed by atoms with Gasteiger partial charge in [-0.25, -0.2) is 0 Å². The molecule has 3 heterocycles. The number of nitrogens with one attached hydrogen (secondary N) is 1. The van der Waals surface area contributed by atoms with Gasteiger partial charge in [0.25, 0.3) is 11.8 Å². The number of amides is 2. The zero-order valence-corrected chi connectivity index (χ0v) is 13.9. The minimum atomic E-state index is -0.277. The monoisotopic (exact) mass is 345 g/mol. The fourth-order valence-corrected chi connectivity index (χ4v) is 3.56. The number of carbonyl (C=O) groups excluding carboxylic acids is 2. The number of pyridine rings is 1. The number of hydrogen-bond donors (Lipinski definition) is 2. The van der Waals surface area contributed by atoms with E-state index in [1.165, 1.54) is 17.5 Å². The van der Waals surface area contributed by atoms with Crippen molar-refractivity contribution in [1.82, 2.24) is 15.2 Å². The number of piperidine rings is 1. The highest BCUT2D eigenvalue weighted by molar-refractivity contribution is 7.12. The molecule has 0 spiro atoms. The number of aliphatic hydroxyl groups is 1. The zero-order chi connectivity index (χ0) is 16.9. The predicted molar refractivity (Wildman–Crippen MR) is 90.9 cm³/mol. The topological polar surface area (TPSA) is 82.5 Å². The van der Waals surface area contributed by atoms with E-state index in [-0.39, 0.29) is 30.4 Å². The molecule has 1 aliphatic heterocycles. The fourth-order valence-electron chi connectivity index (χ4n) is 2.87. The minimum absolute atomic E-state index is 0.0149. The van der Waals surface area contributed by atoms with E-state index in [1.54, 1.807) is 29.3 Å². The first kappa shape index (κ1) is 16.6. The van der Waals surface area contributed by atoms with Crippen LogP contribution in [0.1, 0.15) is 26.5 Å². The Morgan fingerprint density at radius 3 is 2.92 bits per heavy atom. The smallest absolute Gasteiger partial charge is 0.263 e. The summed E-state index contributed by atoms with van der Waals surface area (Å²) >= 11 is 1.41. The van der Waals surface area contributed by atoms with Crippen LogP contribution in [0.2, 0.25) is 0 Å². The Kier molecular flexibility index (Phi) is 5.22. The van der Waals surface area contributed by atoms with Crippen molar-refractivity contribution in [2.45, 2.75) is 12.5 Å². The fraction of sp³-hybridized carbons (Fsp3) is 0.353. The summed E-state index contributed by atoms with van der Waals surface area (Å²) in [6, 6.07) is 6.76. The Morgan fingerprint density at radius 2 is 2.25 bits per heavy atom. The summed E-state index contributed by atoms with van der Waals surface area (Å²) in [5.74, 6) is -0.322. The number of rotatable bonds is 4. The molecule has 0 radical (unpaired) electrons. The molecule has 1 fully saturated rings. The highest BCUT2D eigenvalue weighted by Crippen LogP contribution is 2.21. The van der Waals surface area contributed by atoms with E-state index in [9.17, 15) is 14.7 Å². The average Bonchev–Trinajstić information content (AvgIpc) is 3.16. The first-order chi connectivity index (χ1) is 11.7. The second-order valence-corrected chi connectivity index (χ2v) is 6.73. The van der Waals surface area contributed by atoms with Gasteiger partial charge in [-0.1, -0.05) is 6.07 Å². The largest absolute Gasteiger partial charge is 0.396 e. The van der Waals surface area contributed by atoms with Crippen LogP contribution in [0.25, 0.3) is 0 Å². The summed E-state index contributed by atoms with van der Waals surface area (Å²) in [6.07, 6.45) is 3.77. The Bertz CT molecular complexity index is 690. The first-order valence-electron chi connectivity index (χ1n) is 7.83. The molecule has 24 heavy (non-hydrogen) atoms. The Hall–Kier alpha value is -2.25. The quantitative estimate of drug-likeness (QED) is 0.877. The maximum atomic E-state index is 12.5. The van der Waals surface area contributed by atoms with Crippen LogP contribution in [0.4, 0.5) is 0 Å². The van der Waals surface area contributed by atoms with Crippen molar-refractivity contribution in [1.29, 1.82) is 0 Å². The molecule has 0 aliphatic carbocycles. The lowest BCUT2D eigenvalue weighted by Crippen LogP contribution is -2.54. The van der Waals surface area contributed by atoms with Crippen LogP contribution in [0.3, 0.4) is 0 Å². The minimum Gasteiger partial charge on any atom is -0.396 e. The highest BCUT2D eigenvalue weighted by atomic mass is 32.1. The van der Waals surface area contributed by atoms with Gasteiger partial charge in [0.15, 0.2) is 0 Å². The van der Waals surface area contributed by atoms with Gasteiger partial charge in [0.05, 0.1) is 16.5 Å². The van der Waals surface area contributed by atoms with Gasteiger partial charge in [-0.2, -0.15) is 0 Å². The zero-order valence-electron chi connectivity index (χ0n) is 13.1. The summed E-state index contributed by atoms with van der Waals surface area (Å²) in [4.78, 5) is 31.2. The van der Waals surface area contributed by atoms with Crippen molar-refractivity contribution in [3.05, 3.63) is 52.5 Å². The predicted octanol–water partition coefficient (Wildman–Crippen LogP) is 1.40. The van der Waals surface area contributed by atoms with Crippen LogP contribution >= 0.6 is 11.3 Å². The summed E-state index contributed by atoms with van der Waals surface area (Å²) in [5.41, 5.74) is 0.468. The molecule has 1 saturated heterocycles. The standard InChI is InChI=1S/C17H19N3O3S/c21-11-13-5-7-20(17(23)15-4-2-8-24-15)10-14(13)19-16(22)12-3-1-6-18-9-12/h1-4,6,8-9,13-14,21H,5,7,10-11H2,(H,19,22)/t13-,14-/m1/s1. The molecule has 2 aromatic heterocycles. The average molecular weight is 345 g/mol. The molecule has 7 heteroatoms. The molecular formula is C17H19N3O3S. The Balaban J connectivity index is 1.69. The lowest BCUT2D eigenvalue weighted by molar-refractivity contribution is 0.0545. The summed E-state index contributed by atoms with van der Waals surface area (Å²) in [5, 5.41) is 14.4. The number of likely N-dealkylation sites (tertiary alicyclic amines) is 1. The maximum absolute atomic E-state index is 12.5. The highest BCUT2D eigenvalue weighted by Gasteiger charge is 2.32. The van der Waals surface area contributed by atoms with E-state index in [2.05, 4.69) is 10.3 Å². The Morgan fingerprint density at radius 1 is 1.38 bits per heavy atom. The number of nitrogens with zero attached hydrogens (tertiary/aromatic N) is 2. The van der Waals surface area contributed by atoms with Gasteiger partial charge in [0.1, 0.15) is 0 Å². The third-order valence-corrected chi connectivity index (χ3v) is 5.11. The van der Waals surface area contributed by atoms with E-state index >= 15 is 0 Å². The summed E-state index contributed by atoms with van der Waals surface area (Å²) in [6.45, 7) is 0.966. The van der Waals surface area contributed by atoms with Crippen LogP contribution in [0, 0.1) is 5.92 Å². The molecular weight excluding hydrogens is 326 g/mol. The molecule has 1 aliphatic rings. The molecule has 2 aromatic rings. The molecule has 6 nitrogen and oxygen atoms in total. The molecule has 0 bridgehead atoms. The molecule has 0 saturated carbocycles. The van der Waals surface area contributed by atoms with Gasteiger partial charge >= 0.3 is 0 Å². The van der Waals surface area contributed by atoms with E-state index in [1.807, 2.05) is 11.4 Å². The lowest BCUT2D eigenvalue weighted by atomic mass is 9.92. The van der Waals surface area contributed by atoms with Crippen molar-refractivity contribution in [2.75, 3.05) is 19.7 Å². The maximum Gasteiger partial charge on any atom is 0.263 e. The van der Waals surface area contributed by atoms with Gasteiger partial charge < -0.3 is 15.3 Å². The van der Waals surface area contributed by atoms with Gasteiger partial charge in [-0.3, -0.25) is 14.6 Å². The molecule has 3 rings (SSSR count). The summed E-state index contributed by atoms with van der Waals surface area (Å²) < 4.78 is 0. The first-order valence-corrected chi connectivity index (χ1v) is 8.71. The van der Waals surface area contributed by atoms with E-state index in [4.69, 9.17) is 0 Å². The van der Waals surface area contributed by atoms with E-state index in [0.29, 0.717) is 30.0 Å². The van der Waals surface area contributed by atoms with Gasteiger partial charge in [0, 0.05) is 38.0 Å².